The van der Waals surface area contributed by atoms with Crippen molar-refractivity contribution in [2.24, 2.45) is 5.92 Å². The minimum absolute atomic E-state index is 0. The number of benzene rings is 1. The van der Waals surface area contributed by atoms with E-state index in [0.29, 0.717) is 17.7 Å². The number of piperidine rings is 1. The molecule has 2 aliphatic heterocycles. The molecule has 138 valence electrons. The van der Waals surface area contributed by atoms with Gasteiger partial charge in [0.15, 0.2) is 11.5 Å². The Bertz CT molecular complexity index is 737. The lowest BCUT2D eigenvalue weighted by Crippen LogP contribution is -2.64. The normalized spacial score (nSPS) is 36.8. The summed E-state index contributed by atoms with van der Waals surface area (Å²) >= 11 is 0. The lowest BCUT2D eigenvalue weighted by atomic mass is 9.53. The Morgan fingerprint density at radius 3 is 2.84 bits per heavy atom. The summed E-state index contributed by atoms with van der Waals surface area (Å²) in [5.41, 5.74) is 3.62. The number of aliphatic hydroxyl groups is 1. The Morgan fingerprint density at radius 2 is 2.12 bits per heavy atom. The van der Waals surface area contributed by atoms with Crippen LogP contribution in [0.15, 0.2) is 18.2 Å². The van der Waals surface area contributed by atoms with Gasteiger partial charge in [0.05, 0.1) is 0 Å². The Balaban J connectivity index is 0.000000911. The lowest BCUT2D eigenvalue weighted by Gasteiger charge is -2.56. The van der Waals surface area contributed by atoms with Crippen LogP contribution >= 0.6 is 12.4 Å². The fraction of sp³-hybridized carbons (Fsp3) is 0.579. The molecular formula is C19H26ClNO4. The van der Waals surface area contributed by atoms with Crippen molar-refractivity contribution in [3.05, 3.63) is 34.9 Å². The van der Waals surface area contributed by atoms with E-state index >= 15 is 0 Å². The maximum absolute atomic E-state index is 10.6. The number of ether oxygens (including phenoxy) is 1. The topological polar surface area (TPSA) is 84.4 Å². The van der Waals surface area contributed by atoms with Crippen molar-refractivity contribution in [1.82, 2.24) is 4.90 Å². The predicted octanol–water partition coefficient (Wildman–Crippen LogP) is 1.36. The number of phenolic OH excluding ortho intramolecular Hbond substituents is 1. The molecule has 5 rings (SSSR count). The third-order valence-electron chi connectivity index (χ3n) is 6.75. The van der Waals surface area contributed by atoms with Crippen molar-refractivity contribution in [2.45, 2.75) is 49.9 Å². The highest BCUT2D eigenvalue weighted by Gasteiger charge is 2.64. The molecule has 0 unspecified atom stereocenters. The maximum atomic E-state index is 10.6. The summed E-state index contributed by atoms with van der Waals surface area (Å²) in [5, 5.41) is 21.1. The van der Waals surface area contributed by atoms with E-state index in [4.69, 9.17) is 4.74 Å². The molecule has 5 atom stereocenters. The van der Waals surface area contributed by atoms with Gasteiger partial charge < -0.3 is 25.3 Å². The van der Waals surface area contributed by atoms with Gasteiger partial charge in [-0.3, -0.25) is 0 Å². The van der Waals surface area contributed by atoms with Crippen LogP contribution < -0.4 is 4.74 Å². The monoisotopic (exact) mass is 367 g/mol. The van der Waals surface area contributed by atoms with E-state index in [9.17, 15) is 10.2 Å². The number of rotatable bonds is 1. The number of aliphatic hydroxyl groups excluding tert-OH is 1. The number of hydrogen-bond donors (Lipinski definition) is 2. The van der Waals surface area contributed by atoms with Crippen LogP contribution in [0.3, 0.4) is 0 Å². The van der Waals surface area contributed by atoms with Gasteiger partial charge in [0.2, 0.25) is 0 Å². The first-order chi connectivity index (χ1) is 11.1. The van der Waals surface area contributed by atoms with Gasteiger partial charge in [-0.05, 0) is 50.0 Å². The van der Waals surface area contributed by atoms with Gasteiger partial charge in [-0.1, -0.05) is 19.1 Å². The Kier molecular flexibility index (Phi) is 4.35. The maximum Gasteiger partial charge on any atom is 0.165 e. The second-order valence-electron chi connectivity index (χ2n) is 7.57. The smallest absolute Gasteiger partial charge is 0.165 e. The second-order valence-corrected chi connectivity index (χ2v) is 7.57. The summed E-state index contributed by atoms with van der Waals surface area (Å²) in [7, 11) is 2.21. The zero-order valence-corrected chi connectivity index (χ0v) is 15.3. The highest BCUT2D eigenvalue weighted by Crippen LogP contribution is 2.62. The van der Waals surface area contributed by atoms with E-state index in [1.54, 1.807) is 0 Å². The number of hydrogen-bond acceptors (Lipinski definition) is 4. The van der Waals surface area contributed by atoms with Crippen LogP contribution in [0.1, 0.15) is 30.0 Å². The van der Waals surface area contributed by atoms with Crippen LogP contribution in [0.5, 0.6) is 11.5 Å². The molecule has 2 aliphatic carbocycles. The lowest BCUT2D eigenvalue weighted by molar-refractivity contribution is -0.0454. The molecule has 4 N–H and O–H groups in total. The molecule has 1 aromatic carbocycles. The van der Waals surface area contributed by atoms with Crippen molar-refractivity contribution in [3.8, 4) is 11.5 Å². The second kappa shape index (κ2) is 5.88. The minimum atomic E-state index is -0.599. The first-order valence-corrected chi connectivity index (χ1v) is 8.69. The van der Waals surface area contributed by atoms with Crippen molar-refractivity contribution in [3.63, 3.8) is 0 Å². The van der Waals surface area contributed by atoms with Crippen molar-refractivity contribution >= 4 is 12.4 Å². The van der Waals surface area contributed by atoms with E-state index in [0.717, 1.165) is 25.8 Å². The third-order valence-corrected chi connectivity index (χ3v) is 6.75. The number of likely N-dealkylation sites (N-methyl/N-ethyl adjacent to an activating group) is 1. The highest BCUT2D eigenvalue weighted by molar-refractivity contribution is 5.85. The average molecular weight is 368 g/mol. The molecule has 25 heavy (non-hydrogen) atoms. The van der Waals surface area contributed by atoms with Gasteiger partial charge in [-0.15, -0.1) is 12.4 Å². The van der Waals surface area contributed by atoms with Crippen LogP contribution in [-0.4, -0.2) is 52.4 Å². The minimum Gasteiger partial charge on any atom is -0.504 e. The van der Waals surface area contributed by atoms with E-state index < -0.39 is 6.10 Å². The van der Waals surface area contributed by atoms with Crippen LogP contribution in [0, 0.1) is 5.92 Å². The van der Waals surface area contributed by atoms with E-state index in [2.05, 4.69) is 24.9 Å². The van der Waals surface area contributed by atoms with Crippen molar-refractivity contribution in [2.75, 3.05) is 13.6 Å². The van der Waals surface area contributed by atoms with Gasteiger partial charge in [0, 0.05) is 22.9 Å². The van der Waals surface area contributed by atoms with E-state index in [-0.39, 0.29) is 35.2 Å². The van der Waals surface area contributed by atoms with Gasteiger partial charge in [0.25, 0.3) is 0 Å². The number of aryl methyl sites for hydroxylation is 1. The van der Waals surface area contributed by atoms with Crippen LogP contribution in [0.2, 0.25) is 0 Å². The van der Waals surface area contributed by atoms with Gasteiger partial charge in [0.1, 0.15) is 12.2 Å². The summed E-state index contributed by atoms with van der Waals surface area (Å²) in [6.07, 6.45) is 6.14. The molecule has 1 spiro atoms. The number of nitrogens with zero attached hydrogens (tertiary/aromatic N) is 1. The molecule has 0 amide bonds. The first kappa shape index (κ1) is 18.5. The molecule has 4 aliphatic rings. The van der Waals surface area contributed by atoms with Gasteiger partial charge in [-0.25, -0.2) is 0 Å². The Labute approximate surface area is 154 Å². The van der Waals surface area contributed by atoms with E-state index in [1.807, 2.05) is 12.1 Å². The standard InChI is InChI=1S/C19H23NO3.ClH.H2O/c1-3-10-8-15(22)17-16-11(10)9-13-12-4-5-14(21)18(23-17)19(12,16)6-7-20(13)2;;/h4-5,8,12-14,18,21-22H,3,6-7,9H2,1-2H3;1H;1H2/t12-,13+,14-,18-,19-;;/m0../s1. The first-order valence-electron chi connectivity index (χ1n) is 8.69. The Hall–Kier alpha value is -1.27. The fourth-order valence-corrected chi connectivity index (χ4v) is 5.71. The number of aromatic hydroxyl groups is 1. The SMILES string of the molecule is CCc1cc(O)c2c3c1C[C@@H]1[C@@H]4C=C[C@H](O)[C@H](O2)[C@]34CCN1C.Cl.O. The summed E-state index contributed by atoms with van der Waals surface area (Å²) in [4.78, 5) is 2.46. The molecular weight excluding hydrogens is 342 g/mol. The number of likely N-dealkylation sites (tertiary alicyclic amines) is 1. The molecule has 5 nitrogen and oxygen atoms in total. The van der Waals surface area contributed by atoms with Crippen molar-refractivity contribution < 1.29 is 20.4 Å². The largest absolute Gasteiger partial charge is 0.504 e. The molecule has 1 saturated heterocycles. The molecule has 0 aromatic heterocycles. The number of phenols is 1. The summed E-state index contributed by atoms with van der Waals surface area (Å²) in [6, 6.07) is 2.32. The Morgan fingerprint density at radius 1 is 1.36 bits per heavy atom. The van der Waals surface area contributed by atoms with Crippen LogP contribution in [0.25, 0.3) is 0 Å². The molecule has 6 heteroatoms. The predicted molar refractivity (Wildman–Crippen MR) is 97.8 cm³/mol. The quantitative estimate of drug-likeness (QED) is 0.734. The zero-order chi connectivity index (χ0) is 15.9. The highest BCUT2D eigenvalue weighted by atomic mass is 35.5. The summed E-state index contributed by atoms with van der Waals surface area (Å²) in [6.45, 7) is 3.15. The third kappa shape index (κ3) is 2.01. The average Bonchev–Trinajstić information content (AvgIpc) is 2.89. The molecule has 0 saturated carbocycles. The molecule has 1 aromatic rings. The van der Waals surface area contributed by atoms with Crippen LogP contribution in [-0.2, 0) is 18.3 Å². The van der Waals surface area contributed by atoms with Gasteiger partial charge in [-0.2, -0.15) is 0 Å². The fourth-order valence-electron chi connectivity index (χ4n) is 5.71. The zero-order valence-electron chi connectivity index (χ0n) is 14.5. The van der Waals surface area contributed by atoms with Crippen molar-refractivity contribution in [1.29, 1.82) is 0 Å². The molecule has 2 bridgehead atoms. The van der Waals surface area contributed by atoms with E-state index in [1.165, 1.54) is 16.7 Å². The van der Waals surface area contributed by atoms with Crippen LogP contribution in [0.4, 0.5) is 0 Å². The summed E-state index contributed by atoms with van der Waals surface area (Å²) in [5.74, 6) is 1.24. The molecule has 0 radical (unpaired) electrons. The molecule has 2 heterocycles. The summed E-state index contributed by atoms with van der Waals surface area (Å²) < 4.78 is 6.19. The number of halogens is 1. The van der Waals surface area contributed by atoms with Gasteiger partial charge >= 0.3 is 0 Å². The molecule has 1 fully saturated rings.